The van der Waals surface area contributed by atoms with Crippen molar-refractivity contribution in [2.75, 3.05) is 5.32 Å². The molecular formula is C14H12BrN3. The molecule has 0 aliphatic rings. The standard InChI is InChI=1S/C14H12BrN3/c15-12-8-13(10-17-9-12)18-14(6-7-16)11-4-2-1-3-5-11/h1-5,8-10,14,18H,6H2. The van der Waals surface area contributed by atoms with Crippen LogP contribution in [-0.2, 0) is 0 Å². The van der Waals surface area contributed by atoms with Crippen molar-refractivity contribution in [3.8, 4) is 6.07 Å². The average Bonchev–Trinajstić information content (AvgIpc) is 2.39. The van der Waals surface area contributed by atoms with Crippen LogP contribution in [0.25, 0.3) is 0 Å². The van der Waals surface area contributed by atoms with Crippen LogP contribution in [0.2, 0.25) is 0 Å². The summed E-state index contributed by atoms with van der Waals surface area (Å²) in [7, 11) is 0. The molecule has 0 saturated carbocycles. The molecule has 3 nitrogen and oxygen atoms in total. The van der Waals surface area contributed by atoms with E-state index in [4.69, 9.17) is 5.26 Å². The molecule has 0 fully saturated rings. The van der Waals surface area contributed by atoms with Crippen molar-refractivity contribution in [1.29, 1.82) is 5.26 Å². The minimum absolute atomic E-state index is 0.0210. The molecule has 0 amide bonds. The van der Waals surface area contributed by atoms with E-state index in [2.05, 4.69) is 32.3 Å². The minimum atomic E-state index is -0.0210. The SMILES string of the molecule is N#CCC(Nc1cncc(Br)c1)c1ccccc1. The topological polar surface area (TPSA) is 48.7 Å². The van der Waals surface area contributed by atoms with Gasteiger partial charge in [0.2, 0.25) is 0 Å². The average molecular weight is 302 g/mol. The fraction of sp³-hybridized carbons (Fsp3) is 0.143. The van der Waals surface area contributed by atoms with Crippen LogP contribution < -0.4 is 5.32 Å². The summed E-state index contributed by atoms with van der Waals surface area (Å²) in [5.41, 5.74) is 1.99. The second kappa shape index (κ2) is 6.18. The molecule has 0 spiro atoms. The summed E-state index contributed by atoms with van der Waals surface area (Å²) in [5.74, 6) is 0. The van der Waals surface area contributed by atoms with Crippen molar-refractivity contribution in [2.24, 2.45) is 0 Å². The van der Waals surface area contributed by atoms with Gasteiger partial charge in [-0.25, -0.2) is 0 Å². The van der Waals surface area contributed by atoms with Crippen LogP contribution in [0.5, 0.6) is 0 Å². The third-order valence-electron chi connectivity index (χ3n) is 2.54. The van der Waals surface area contributed by atoms with Crippen molar-refractivity contribution in [1.82, 2.24) is 4.98 Å². The molecule has 18 heavy (non-hydrogen) atoms. The smallest absolute Gasteiger partial charge is 0.0647 e. The monoisotopic (exact) mass is 301 g/mol. The number of nitrogens with one attached hydrogen (secondary N) is 1. The zero-order chi connectivity index (χ0) is 12.8. The third kappa shape index (κ3) is 3.31. The summed E-state index contributed by atoms with van der Waals surface area (Å²) in [4.78, 5) is 4.10. The molecule has 1 N–H and O–H groups in total. The Morgan fingerprint density at radius 1 is 1.28 bits per heavy atom. The van der Waals surface area contributed by atoms with Crippen molar-refractivity contribution < 1.29 is 0 Å². The van der Waals surface area contributed by atoms with Gasteiger partial charge in [-0.1, -0.05) is 30.3 Å². The van der Waals surface area contributed by atoms with E-state index in [1.165, 1.54) is 0 Å². The maximum absolute atomic E-state index is 8.92. The van der Waals surface area contributed by atoms with E-state index in [9.17, 15) is 0 Å². The lowest BCUT2D eigenvalue weighted by Crippen LogP contribution is -2.10. The van der Waals surface area contributed by atoms with Crippen LogP contribution in [0.15, 0.2) is 53.3 Å². The molecule has 0 aliphatic heterocycles. The highest BCUT2D eigenvalue weighted by Gasteiger charge is 2.10. The number of nitrogens with zero attached hydrogens (tertiary/aromatic N) is 2. The zero-order valence-corrected chi connectivity index (χ0v) is 11.3. The first kappa shape index (κ1) is 12.6. The molecule has 1 heterocycles. The molecule has 0 aliphatic carbocycles. The molecule has 2 aromatic rings. The summed E-state index contributed by atoms with van der Waals surface area (Å²) in [6, 6.07) is 14.1. The largest absolute Gasteiger partial charge is 0.376 e. The number of nitriles is 1. The maximum Gasteiger partial charge on any atom is 0.0647 e. The molecule has 1 atom stereocenters. The number of hydrogen-bond donors (Lipinski definition) is 1. The number of hydrogen-bond acceptors (Lipinski definition) is 3. The van der Waals surface area contributed by atoms with Gasteiger partial charge in [-0.05, 0) is 27.6 Å². The van der Waals surface area contributed by atoms with E-state index in [0.717, 1.165) is 15.7 Å². The van der Waals surface area contributed by atoms with Crippen LogP contribution in [0, 0.1) is 11.3 Å². The Morgan fingerprint density at radius 2 is 2.06 bits per heavy atom. The van der Waals surface area contributed by atoms with Gasteiger partial charge in [-0.3, -0.25) is 4.98 Å². The molecule has 0 radical (unpaired) electrons. The summed E-state index contributed by atoms with van der Waals surface area (Å²) in [5, 5.41) is 12.2. The Morgan fingerprint density at radius 3 is 2.72 bits per heavy atom. The summed E-state index contributed by atoms with van der Waals surface area (Å²) in [6.45, 7) is 0. The first-order valence-electron chi connectivity index (χ1n) is 5.58. The van der Waals surface area contributed by atoms with E-state index in [1.807, 2.05) is 36.4 Å². The normalized spacial score (nSPS) is 11.6. The lowest BCUT2D eigenvalue weighted by atomic mass is 10.0. The number of aromatic nitrogens is 1. The lowest BCUT2D eigenvalue weighted by Gasteiger charge is -2.17. The molecule has 0 saturated heterocycles. The number of rotatable bonds is 4. The summed E-state index contributed by atoms with van der Waals surface area (Å²) < 4.78 is 0.913. The summed E-state index contributed by atoms with van der Waals surface area (Å²) in [6.07, 6.45) is 3.89. The van der Waals surface area contributed by atoms with Gasteiger partial charge in [0, 0.05) is 10.7 Å². The number of pyridine rings is 1. The Labute approximate surface area is 115 Å². The fourth-order valence-corrected chi connectivity index (χ4v) is 2.09. The van der Waals surface area contributed by atoms with Gasteiger partial charge in [0.1, 0.15) is 0 Å². The second-order valence-electron chi connectivity index (χ2n) is 3.86. The first-order valence-corrected chi connectivity index (χ1v) is 6.38. The van der Waals surface area contributed by atoms with Gasteiger partial charge in [0.15, 0.2) is 0 Å². The van der Waals surface area contributed by atoms with E-state index >= 15 is 0 Å². The van der Waals surface area contributed by atoms with Crippen LogP contribution in [-0.4, -0.2) is 4.98 Å². The van der Waals surface area contributed by atoms with Crippen LogP contribution in [0.3, 0.4) is 0 Å². The second-order valence-corrected chi connectivity index (χ2v) is 4.78. The molecule has 4 heteroatoms. The minimum Gasteiger partial charge on any atom is -0.376 e. The van der Waals surface area contributed by atoms with Crippen LogP contribution in [0.1, 0.15) is 18.0 Å². The fourth-order valence-electron chi connectivity index (χ4n) is 1.72. The highest BCUT2D eigenvalue weighted by Crippen LogP contribution is 2.23. The zero-order valence-electron chi connectivity index (χ0n) is 9.68. The van der Waals surface area contributed by atoms with Gasteiger partial charge >= 0.3 is 0 Å². The Bertz CT molecular complexity index is 548. The van der Waals surface area contributed by atoms with Gasteiger partial charge < -0.3 is 5.32 Å². The van der Waals surface area contributed by atoms with Gasteiger partial charge in [-0.2, -0.15) is 5.26 Å². The number of benzene rings is 1. The van der Waals surface area contributed by atoms with Gasteiger partial charge in [-0.15, -0.1) is 0 Å². The Balaban J connectivity index is 2.20. The first-order chi connectivity index (χ1) is 8.79. The predicted molar refractivity (Wildman–Crippen MR) is 75.0 cm³/mol. The van der Waals surface area contributed by atoms with E-state index < -0.39 is 0 Å². The molecule has 1 aromatic carbocycles. The van der Waals surface area contributed by atoms with Gasteiger partial charge in [0.25, 0.3) is 0 Å². The lowest BCUT2D eigenvalue weighted by molar-refractivity contribution is 0.805. The number of anilines is 1. The highest BCUT2D eigenvalue weighted by atomic mass is 79.9. The quantitative estimate of drug-likeness (QED) is 0.931. The molecule has 0 bridgehead atoms. The molecule has 1 unspecified atom stereocenters. The van der Waals surface area contributed by atoms with Crippen LogP contribution >= 0.6 is 15.9 Å². The Kier molecular flexibility index (Phi) is 4.32. The Hall–Kier alpha value is -1.86. The van der Waals surface area contributed by atoms with E-state index in [1.54, 1.807) is 12.4 Å². The van der Waals surface area contributed by atoms with Crippen molar-refractivity contribution in [3.05, 3.63) is 58.8 Å². The highest BCUT2D eigenvalue weighted by molar-refractivity contribution is 9.10. The molecule has 90 valence electrons. The van der Waals surface area contributed by atoms with Crippen molar-refractivity contribution in [2.45, 2.75) is 12.5 Å². The summed E-state index contributed by atoms with van der Waals surface area (Å²) >= 11 is 3.38. The number of halogens is 1. The van der Waals surface area contributed by atoms with E-state index in [0.29, 0.717) is 6.42 Å². The third-order valence-corrected chi connectivity index (χ3v) is 2.98. The predicted octanol–water partition coefficient (Wildman–Crippen LogP) is 3.91. The van der Waals surface area contributed by atoms with E-state index in [-0.39, 0.29) is 6.04 Å². The van der Waals surface area contributed by atoms with Gasteiger partial charge in [0.05, 0.1) is 30.4 Å². The van der Waals surface area contributed by atoms with Crippen molar-refractivity contribution >= 4 is 21.6 Å². The molecular weight excluding hydrogens is 290 g/mol. The maximum atomic E-state index is 8.92. The molecule has 2 rings (SSSR count). The van der Waals surface area contributed by atoms with Crippen LogP contribution in [0.4, 0.5) is 5.69 Å². The van der Waals surface area contributed by atoms with Crippen molar-refractivity contribution in [3.63, 3.8) is 0 Å². The molecule has 1 aromatic heterocycles.